The Kier molecular flexibility index (Phi) is 16.1. The summed E-state index contributed by atoms with van der Waals surface area (Å²) in [5.41, 5.74) is 0. The van der Waals surface area contributed by atoms with Gasteiger partial charge in [-0.25, -0.2) is 0 Å². The molecule has 0 aromatic carbocycles. The minimum atomic E-state index is -1.43. The van der Waals surface area contributed by atoms with Gasteiger partial charge in [-0.1, -0.05) is 62.6 Å². The molecule has 5 heteroatoms. The minimum absolute atomic E-state index is 0.306. The van der Waals surface area contributed by atoms with E-state index in [-0.39, 0.29) is 0 Å². The van der Waals surface area contributed by atoms with Crippen LogP contribution >= 0.6 is 0 Å². The van der Waals surface area contributed by atoms with Crippen molar-refractivity contribution in [3.05, 3.63) is 36.5 Å². The summed E-state index contributed by atoms with van der Waals surface area (Å²) in [5.74, 6) is -2.16. The van der Waals surface area contributed by atoms with E-state index in [1.54, 1.807) is 0 Å². The maximum atomic E-state index is 11.2. The van der Waals surface area contributed by atoms with Crippen molar-refractivity contribution in [1.29, 1.82) is 0 Å². The average Bonchev–Trinajstić information content (AvgIpc) is 2.63. The van der Waals surface area contributed by atoms with Crippen LogP contribution in [0.1, 0.15) is 64.7 Å². The molecule has 0 saturated heterocycles. The van der Waals surface area contributed by atoms with Gasteiger partial charge >= 0.3 is 5.97 Å². The molecule has 0 aliphatic carbocycles. The number of aliphatic hydroxyl groups is 3. The van der Waals surface area contributed by atoms with Crippen molar-refractivity contribution in [3.8, 4) is 0 Å². The molecule has 0 heterocycles. The van der Waals surface area contributed by atoms with E-state index in [2.05, 4.69) is 43.4 Å². The molecular weight excluding hydrogens is 332 g/mol. The van der Waals surface area contributed by atoms with Crippen molar-refractivity contribution >= 4 is 5.97 Å². The highest BCUT2D eigenvalue weighted by Crippen LogP contribution is 2.18. The smallest absolute Gasteiger partial charge is 0.309 e. The predicted molar refractivity (Wildman–Crippen MR) is 105 cm³/mol. The molecule has 0 saturated carbocycles. The van der Waals surface area contributed by atoms with Gasteiger partial charge in [-0.3, -0.25) is 4.79 Å². The highest BCUT2D eigenvalue weighted by molar-refractivity contribution is 5.70. The van der Waals surface area contributed by atoms with Gasteiger partial charge in [0.2, 0.25) is 0 Å². The van der Waals surface area contributed by atoms with Crippen molar-refractivity contribution in [1.82, 2.24) is 0 Å². The van der Waals surface area contributed by atoms with Crippen LogP contribution in [0.5, 0.6) is 0 Å². The van der Waals surface area contributed by atoms with E-state index in [0.717, 1.165) is 44.9 Å². The van der Waals surface area contributed by atoms with Crippen molar-refractivity contribution in [3.63, 3.8) is 0 Å². The topological polar surface area (TPSA) is 98.0 Å². The molecule has 0 bridgehead atoms. The molecule has 0 aliphatic heterocycles. The Morgan fingerprint density at radius 3 is 2.04 bits per heavy atom. The lowest BCUT2D eigenvalue weighted by Crippen LogP contribution is -2.39. The second-order valence-corrected chi connectivity index (χ2v) is 6.47. The first-order chi connectivity index (χ1) is 12.5. The predicted octanol–water partition coefficient (Wildman–Crippen LogP) is 3.60. The molecule has 0 spiro atoms. The minimum Gasteiger partial charge on any atom is -0.481 e. The summed E-state index contributed by atoms with van der Waals surface area (Å²) in [5, 5.41) is 37.1. The third kappa shape index (κ3) is 12.9. The van der Waals surface area contributed by atoms with Crippen LogP contribution in [0.4, 0.5) is 0 Å². The van der Waals surface area contributed by atoms with Crippen LogP contribution in [0.2, 0.25) is 0 Å². The van der Waals surface area contributed by atoms with Gasteiger partial charge in [-0.15, -0.1) is 0 Å². The van der Waals surface area contributed by atoms with Crippen LogP contribution in [-0.2, 0) is 4.79 Å². The van der Waals surface area contributed by atoms with E-state index in [1.807, 2.05) is 0 Å². The van der Waals surface area contributed by atoms with Crippen LogP contribution in [0, 0.1) is 5.92 Å². The summed E-state index contributed by atoms with van der Waals surface area (Å²) in [6.07, 6.45) is 18.1. The normalized spacial score (nSPS) is 15.8. The summed E-state index contributed by atoms with van der Waals surface area (Å²) in [6, 6.07) is 0. The molecule has 0 radical (unpaired) electrons. The second-order valence-electron chi connectivity index (χ2n) is 6.47. The number of unbranched alkanes of at least 4 members (excludes halogenated alkanes) is 4. The highest BCUT2D eigenvalue weighted by atomic mass is 16.4. The highest BCUT2D eigenvalue weighted by Gasteiger charge is 2.30. The number of hydrogen-bond acceptors (Lipinski definition) is 4. The zero-order chi connectivity index (χ0) is 19.6. The lowest BCUT2D eigenvalue weighted by molar-refractivity contribution is -0.150. The van der Waals surface area contributed by atoms with Crippen LogP contribution in [-0.4, -0.2) is 45.2 Å². The molecule has 150 valence electrons. The van der Waals surface area contributed by atoms with E-state index < -0.39 is 30.7 Å². The molecular formula is C21H36O5. The standard InChI is InChI=1S/C21H36O5/c1-2-3-4-5-6-7-8-9-10-11-12-13-14-15-16-18(21(25)26)20(24)19(23)17-22/h3-4,6-7,9-10,18-20,22-24H,2,5,8,11-17H2,1H3,(H,25,26)/b4-3-,7-6-,10-9-. The van der Waals surface area contributed by atoms with E-state index in [0.29, 0.717) is 12.8 Å². The largest absolute Gasteiger partial charge is 0.481 e. The maximum absolute atomic E-state index is 11.2. The van der Waals surface area contributed by atoms with Gasteiger partial charge in [-0.2, -0.15) is 0 Å². The fourth-order valence-corrected chi connectivity index (χ4v) is 2.62. The van der Waals surface area contributed by atoms with Crippen LogP contribution in [0.3, 0.4) is 0 Å². The van der Waals surface area contributed by atoms with Gasteiger partial charge in [0, 0.05) is 0 Å². The summed E-state index contributed by atoms with van der Waals surface area (Å²) in [6.45, 7) is 1.49. The van der Waals surface area contributed by atoms with Gasteiger partial charge in [0.15, 0.2) is 0 Å². The molecule has 0 rings (SSSR count). The average molecular weight is 369 g/mol. The number of rotatable bonds is 16. The van der Waals surface area contributed by atoms with E-state index in [9.17, 15) is 15.0 Å². The monoisotopic (exact) mass is 368 g/mol. The Balaban J connectivity index is 3.74. The van der Waals surface area contributed by atoms with E-state index in [4.69, 9.17) is 10.2 Å². The fourth-order valence-electron chi connectivity index (χ4n) is 2.62. The molecule has 0 aliphatic rings. The molecule has 5 nitrogen and oxygen atoms in total. The number of carboxylic acids is 1. The first-order valence-electron chi connectivity index (χ1n) is 9.69. The van der Waals surface area contributed by atoms with Crippen LogP contribution in [0.25, 0.3) is 0 Å². The van der Waals surface area contributed by atoms with Crippen molar-refractivity contribution in [2.24, 2.45) is 5.92 Å². The van der Waals surface area contributed by atoms with E-state index >= 15 is 0 Å². The van der Waals surface area contributed by atoms with Crippen LogP contribution in [0.15, 0.2) is 36.5 Å². The number of aliphatic carboxylic acids is 1. The molecule has 3 atom stereocenters. The van der Waals surface area contributed by atoms with Gasteiger partial charge in [0.05, 0.1) is 18.6 Å². The van der Waals surface area contributed by atoms with Gasteiger partial charge in [0.25, 0.3) is 0 Å². The Labute approximate surface area is 157 Å². The third-order valence-corrected chi connectivity index (χ3v) is 4.23. The summed E-state index contributed by atoms with van der Waals surface area (Å²) in [4.78, 5) is 11.2. The molecule has 0 fully saturated rings. The lowest BCUT2D eigenvalue weighted by Gasteiger charge is -2.22. The Hall–Kier alpha value is -1.43. The van der Waals surface area contributed by atoms with Crippen LogP contribution < -0.4 is 0 Å². The first-order valence-corrected chi connectivity index (χ1v) is 9.69. The fraction of sp³-hybridized carbons (Fsp3) is 0.667. The quantitative estimate of drug-likeness (QED) is 0.246. The first kappa shape index (κ1) is 24.6. The Bertz CT molecular complexity index is 428. The number of hydrogen-bond donors (Lipinski definition) is 4. The van der Waals surface area contributed by atoms with Crippen molar-refractivity contribution in [2.45, 2.75) is 76.9 Å². The van der Waals surface area contributed by atoms with Crippen molar-refractivity contribution in [2.75, 3.05) is 6.61 Å². The Morgan fingerprint density at radius 1 is 0.885 bits per heavy atom. The SMILES string of the molecule is CC/C=C\C/C=C\C/C=C\CCCCCCC(C(=O)O)C(O)C(O)CO. The number of carboxylic acid groups (broad SMARTS) is 1. The summed E-state index contributed by atoms with van der Waals surface area (Å²) in [7, 11) is 0. The molecule has 0 amide bonds. The number of aliphatic hydroxyl groups excluding tert-OH is 3. The van der Waals surface area contributed by atoms with Gasteiger partial charge < -0.3 is 20.4 Å². The molecule has 26 heavy (non-hydrogen) atoms. The maximum Gasteiger partial charge on any atom is 0.309 e. The number of carbonyl (C=O) groups is 1. The van der Waals surface area contributed by atoms with Gasteiger partial charge in [0.1, 0.15) is 6.10 Å². The molecule has 0 aromatic heterocycles. The lowest BCUT2D eigenvalue weighted by atomic mass is 9.92. The molecule has 4 N–H and O–H groups in total. The molecule has 3 unspecified atom stereocenters. The molecule has 0 aromatic rings. The third-order valence-electron chi connectivity index (χ3n) is 4.23. The summed E-state index contributed by atoms with van der Waals surface area (Å²) >= 11 is 0. The zero-order valence-electron chi connectivity index (χ0n) is 16.0. The van der Waals surface area contributed by atoms with E-state index in [1.165, 1.54) is 0 Å². The number of allylic oxidation sites excluding steroid dienone is 6. The zero-order valence-corrected chi connectivity index (χ0v) is 16.0. The van der Waals surface area contributed by atoms with Crippen molar-refractivity contribution < 1.29 is 25.2 Å². The van der Waals surface area contributed by atoms with Gasteiger partial charge in [-0.05, 0) is 38.5 Å². The second kappa shape index (κ2) is 17.0. The summed E-state index contributed by atoms with van der Waals surface area (Å²) < 4.78 is 0. The Morgan fingerprint density at radius 2 is 1.46 bits per heavy atom.